The summed E-state index contributed by atoms with van der Waals surface area (Å²) in [4.78, 5) is 9.86. The number of terminal acetylenes is 1. The first-order valence-electron chi connectivity index (χ1n) is 10.4. The summed E-state index contributed by atoms with van der Waals surface area (Å²) in [7, 11) is 0. The summed E-state index contributed by atoms with van der Waals surface area (Å²) in [6, 6.07) is 8.13. The fourth-order valence-electron chi connectivity index (χ4n) is 3.77. The molecule has 0 fully saturated rings. The zero-order chi connectivity index (χ0) is 24.5. The minimum absolute atomic E-state index is 0.00154. The highest BCUT2D eigenvalue weighted by atomic mass is 35.5. The summed E-state index contributed by atoms with van der Waals surface area (Å²) in [5.74, 6) is 2.03. The third-order valence-electron chi connectivity index (χ3n) is 5.47. The van der Waals surface area contributed by atoms with Crippen LogP contribution in [-0.4, -0.2) is 9.97 Å². The number of pyridine rings is 1. The molecule has 35 heavy (non-hydrogen) atoms. The molecule has 0 saturated carbocycles. The Morgan fingerprint density at radius 1 is 1.20 bits per heavy atom. The van der Waals surface area contributed by atoms with E-state index in [4.69, 9.17) is 29.6 Å². The summed E-state index contributed by atoms with van der Waals surface area (Å²) in [6.45, 7) is 1.95. The number of hydrogen-bond donors (Lipinski definition) is 5. The lowest BCUT2D eigenvalue weighted by Gasteiger charge is -2.21. The smallest absolute Gasteiger partial charge is 0.165 e. The number of rotatable bonds is 6. The standard InChI is InChI=1S/C24H18Cl2FN7S/c1-3-13-9-28-22-15(21(13)32-18-6-4-5-16(25)20(18)27)7-14(8-17(22)26)31-23(19-10-30-34-33-19)24-12(2)29-11-35-24/h1,4-11,23,30-31,33-34H,2H3,(H,28,32)/t23-/m1/s1. The van der Waals surface area contributed by atoms with Crippen LogP contribution in [0.3, 0.4) is 0 Å². The predicted molar refractivity (Wildman–Crippen MR) is 140 cm³/mol. The van der Waals surface area contributed by atoms with E-state index in [-0.39, 0.29) is 16.8 Å². The van der Waals surface area contributed by atoms with Gasteiger partial charge in [-0.2, -0.15) is 5.53 Å². The molecule has 0 radical (unpaired) electrons. The van der Waals surface area contributed by atoms with Crippen LogP contribution in [0.4, 0.5) is 21.5 Å². The van der Waals surface area contributed by atoms with Crippen molar-refractivity contribution >= 4 is 62.5 Å². The number of fused-ring (bicyclic) bond motifs is 1. The molecule has 7 nitrogen and oxygen atoms in total. The number of halogens is 3. The van der Waals surface area contributed by atoms with Crippen LogP contribution < -0.4 is 27.0 Å². The van der Waals surface area contributed by atoms with Gasteiger partial charge in [0.2, 0.25) is 0 Å². The number of aromatic nitrogens is 2. The third-order valence-corrected chi connectivity index (χ3v) is 7.04. The van der Waals surface area contributed by atoms with E-state index in [1.165, 1.54) is 23.6 Å². The Hall–Kier alpha value is -3.55. The third kappa shape index (κ3) is 4.45. The first-order valence-corrected chi connectivity index (χ1v) is 12.0. The highest BCUT2D eigenvalue weighted by Gasteiger charge is 2.24. The van der Waals surface area contributed by atoms with Gasteiger partial charge in [0.1, 0.15) is 6.04 Å². The molecule has 1 aliphatic rings. The summed E-state index contributed by atoms with van der Waals surface area (Å²) >= 11 is 14.2. The second-order valence-corrected chi connectivity index (χ2v) is 9.35. The van der Waals surface area contributed by atoms with Crippen LogP contribution in [0.25, 0.3) is 10.9 Å². The van der Waals surface area contributed by atoms with E-state index in [9.17, 15) is 4.39 Å². The molecule has 11 heteroatoms. The van der Waals surface area contributed by atoms with E-state index in [0.717, 1.165) is 16.3 Å². The van der Waals surface area contributed by atoms with Crippen LogP contribution in [-0.2, 0) is 0 Å². The van der Waals surface area contributed by atoms with Crippen molar-refractivity contribution in [2.75, 3.05) is 10.6 Å². The van der Waals surface area contributed by atoms with E-state index in [2.05, 4.69) is 42.9 Å². The predicted octanol–water partition coefficient (Wildman–Crippen LogP) is 5.78. The molecule has 1 aliphatic heterocycles. The molecule has 3 heterocycles. The minimum Gasteiger partial charge on any atom is -0.372 e. The Labute approximate surface area is 214 Å². The molecule has 1 atom stereocenters. The number of thiazole rings is 1. The zero-order valence-corrected chi connectivity index (χ0v) is 20.5. The molecule has 0 amide bonds. The molecule has 4 aromatic rings. The van der Waals surface area contributed by atoms with Gasteiger partial charge in [-0.15, -0.1) is 17.8 Å². The van der Waals surface area contributed by atoms with Crippen LogP contribution in [0.2, 0.25) is 10.0 Å². The van der Waals surface area contributed by atoms with E-state index in [0.29, 0.717) is 32.9 Å². The van der Waals surface area contributed by atoms with Gasteiger partial charge in [0, 0.05) is 23.5 Å². The van der Waals surface area contributed by atoms with Crippen molar-refractivity contribution in [2.45, 2.75) is 13.0 Å². The summed E-state index contributed by atoms with van der Waals surface area (Å²) in [5.41, 5.74) is 14.8. The Morgan fingerprint density at radius 3 is 2.77 bits per heavy atom. The Balaban J connectivity index is 1.62. The lowest BCUT2D eigenvalue weighted by Crippen LogP contribution is -2.33. The van der Waals surface area contributed by atoms with Gasteiger partial charge in [-0.25, -0.2) is 9.37 Å². The second-order valence-electron chi connectivity index (χ2n) is 7.65. The molecule has 0 spiro atoms. The number of anilines is 3. The fourth-order valence-corrected chi connectivity index (χ4v) is 5.09. The Kier molecular flexibility index (Phi) is 6.36. The molecular formula is C24H18Cl2FN7S. The zero-order valence-electron chi connectivity index (χ0n) is 18.2. The van der Waals surface area contributed by atoms with E-state index >= 15 is 0 Å². The maximum absolute atomic E-state index is 14.7. The van der Waals surface area contributed by atoms with Crippen molar-refractivity contribution in [2.24, 2.45) is 0 Å². The number of hydrogen-bond acceptors (Lipinski definition) is 8. The molecule has 5 rings (SSSR count). The van der Waals surface area contributed by atoms with Crippen molar-refractivity contribution in [1.82, 2.24) is 26.4 Å². The number of nitrogens with one attached hydrogen (secondary N) is 5. The maximum Gasteiger partial charge on any atom is 0.165 e. The molecule has 0 aliphatic carbocycles. The molecule has 0 saturated heterocycles. The summed E-state index contributed by atoms with van der Waals surface area (Å²) < 4.78 is 14.7. The average molecular weight is 526 g/mol. The largest absolute Gasteiger partial charge is 0.372 e. The fraction of sp³-hybridized carbons (Fsp3) is 0.0833. The second kappa shape index (κ2) is 9.60. The van der Waals surface area contributed by atoms with Crippen LogP contribution in [0.15, 0.2) is 53.9 Å². The normalized spacial score (nSPS) is 13.5. The van der Waals surface area contributed by atoms with Crippen LogP contribution >= 0.6 is 34.5 Å². The maximum atomic E-state index is 14.7. The van der Waals surface area contributed by atoms with E-state index < -0.39 is 5.82 Å². The summed E-state index contributed by atoms with van der Waals surface area (Å²) in [6.07, 6.45) is 9.10. The van der Waals surface area contributed by atoms with Crippen molar-refractivity contribution < 1.29 is 4.39 Å². The van der Waals surface area contributed by atoms with Crippen molar-refractivity contribution in [3.8, 4) is 12.3 Å². The number of aryl methyl sites for hydroxylation is 1. The molecule has 2 aromatic heterocycles. The lowest BCUT2D eigenvalue weighted by molar-refractivity contribution is 0.584. The van der Waals surface area contributed by atoms with Gasteiger partial charge in [0.25, 0.3) is 0 Å². The van der Waals surface area contributed by atoms with Gasteiger partial charge < -0.3 is 21.5 Å². The Morgan fingerprint density at radius 2 is 2.06 bits per heavy atom. The molecule has 176 valence electrons. The topological polar surface area (TPSA) is 85.9 Å². The molecule has 5 N–H and O–H groups in total. The summed E-state index contributed by atoms with van der Waals surface area (Å²) in [5, 5.41) is 7.65. The number of hydrazine groups is 2. The SMILES string of the molecule is C#Cc1cnc2c(Cl)cc(N[C@H](C3=CNNN3)c3scnc3C)cc2c1Nc1cccc(Cl)c1F. The van der Waals surface area contributed by atoms with Gasteiger partial charge in [-0.1, -0.05) is 35.2 Å². The number of nitrogens with zero attached hydrogens (tertiary/aromatic N) is 2. The van der Waals surface area contributed by atoms with Gasteiger partial charge in [0.05, 0.1) is 54.3 Å². The molecule has 0 unspecified atom stereocenters. The highest BCUT2D eigenvalue weighted by Crippen LogP contribution is 2.38. The minimum atomic E-state index is -0.581. The number of benzene rings is 2. The first-order chi connectivity index (χ1) is 17.0. The van der Waals surface area contributed by atoms with Gasteiger partial charge in [-0.3, -0.25) is 4.98 Å². The van der Waals surface area contributed by atoms with Crippen LogP contribution in [0, 0.1) is 25.1 Å². The van der Waals surface area contributed by atoms with Gasteiger partial charge >= 0.3 is 0 Å². The van der Waals surface area contributed by atoms with Crippen molar-refractivity contribution in [3.63, 3.8) is 0 Å². The first kappa shape index (κ1) is 23.2. The molecular weight excluding hydrogens is 508 g/mol. The van der Waals surface area contributed by atoms with E-state index in [1.54, 1.807) is 23.7 Å². The molecule has 0 bridgehead atoms. The van der Waals surface area contributed by atoms with E-state index in [1.807, 2.05) is 19.2 Å². The molecule has 2 aromatic carbocycles. The quantitative estimate of drug-likeness (QED) is 0.204. The highest BCUT2D eigenvalue weighted by molar-refractivity contribution is 7.09. The van der Waals surface area contributed by atoms with Gasteiger partial charge in [0.15, 0.2) is 5.82 Å². The van der Waals surface area contributed by atoms with Gasteiger partial charge in [-0.05, 0) is 31.2 Å². The van der Waals surface area contributed by atoms with Crippen molar-refractivity contribution in [3.05, 3.63) is 85.9 Å². The van der Waals surface area contributed by atoms with Crippen molar-refractivity contribution in [1.29, 1.82) is 0 Å². The Bertz CT molecular complexity index is 1510. The average Bonchev–Trinajstić information content (AvgIpc) is 3.53. The lowest BCUT2D eigenvalue weighted by atomic mass is 10.1. The van der Waals surface area contributed by atoms with Crippen LogP contribution in [0.5, 0.6) is 0 Å². The monoisotopic (exact) mass is 525 g/mol. The van der Waals surface area contributed by atoms with Crippen LogP contribution in [0.1, 0.15) is 22.2 Å².